The maximum absolute atomic E-state index is 12.8. The van der Waals surface area contributed by atoms with Gasteiger partial charge in [0.15, 0.2) is 0 Å². The van der Waals surface area contributed by atoms with Crippen molar-refractivity contribution in [1.29, 1.82) is 5.26 Å². The molecule has 2 rings (SSSR count). The lowest BCUT2D eigenvalue weighted by molar-refractivity contribution is -0.126. The fourth-order valence-corrected chi connectivity index (χ4v) is 3.47. The van der Waals surface area contributed by atoms with Crippen molar-refractivity contribution >= 4 is 23.2 Å². The van der Waals surface area contributed by atoms with Crippen LogP contribution in [0.25, 0.3) is 0 Å². The Morgan fingerprint density at radius 3 is 2.67 bits per heavy atom. The molecule has 1 N–H and O–H groups in total. The van der Waals surface area contributed by atoms with Crippen LogP contribution in [0.4, 0.5) is 5.69 Å². The van der Waals surface area contributed by atoms with Gasteiger partial charge in [0.1, 0.15) is 0 Å². The molecule has 3 nitrogen and oxygen atoms in total. The number of amides is 1. The van der Waals surface area contributed by atoms with Crippen LogP contribution in [0.15, 0.2) is 18.2 Å². The van der Waals surface area contributed by atoms with Gasteiger partial charge in [0.05, 0.1) is 22.3 Å². The van der Waals surface area contributed by atoms with Gasteiger partial charge in [0.25, 0.3) is 0 Å². The average molecular weight is 305 g/mol. The zero-order valence-electron chi connectivity index (χ0n) is 12.6. The van der Waals surface area contributed by atoms with Gasteiger partial charge < -0.3 is 5.32 Å². The molecular weight excluding hydrogens is 284 g/mol. The maximum atomic E-state index is 12.8. The topological polar surface area (TPSA) is 52.9 Å². The zero-order chi connectivity index (χ0) is 15.5. The highest BCUT2D eigenvalue weighted by Gasteiger charge is 2.41. The van der Waals surface area contributed by atoms with E-state index < -0.39 is 0 Å². The number of halogens is 1. The van der Waals surface area contributed by atoms with Crippen LogP contribution >= 0.6 is 11.6 Å². The molecule has 1 aromatic carbocycles. The summed E-state index contributed by atoms with van der Waals surface area (Å²) >= 11 is 6.13. The first kappa shape index (κ1) is 15.9. The summed E-state index contributed by atoms with van der Waals surface area (Å²) in [5, 5.41) is 12.4. The standard InChI is InChI=1S/C17H21ClN2O/c1-12(2)10-17(7-3-4-8-17)16(21)20-15-9-13(11-19)5-6-14(15)18/h5-6,9,12H,3-4,7-8,10H2,1-2H3,(H,20,21). The number of benzene rings is 1. The Bertz CT molecular complexity index is 569. The summed E-state index contributed by atoms with van der Waals surface area (Å²) < 4.78 is 0. The highest BCUT2D eigenvalue weighted by molar-refractivity contribution is 6.33. The van der Waals surface area contributed by atoms with E-state index in [0.29, 0.717) is 22.2 Å². The van der Waals surface area contributed by atoms with E-state index in [1.807, 2.05) is 0 Å². The van der Waals surface area contributed by atoms with Crippen molar-refractivity contribution in [3.63, 3.8) is 0 Å². The smallest absolute Gasteiger partial charge is 0.230 e. The van der Waals surface area contributed by atoms with E-state index in [1.54, 1.807) is 18.2 Å². The quantitative estimate of drug-likeness (QED) is 0.872. The van der Waals surface area contributed by atoms with Crippen LogP contribution in [0.5, 0.6) is 0 Å². The summed E-state index contributed by atoms with van der Waals surface area (Å²) in [6.45, 7) is 4.30. The number of hydrogen-bond acceptors (Lipinski definition) is 2. The fourth-order valence-electron chi connectivity index (χ4n) is 3.30. The molecule has 0 saturated heterocycles. The van der Waals surface area contributed by atoms with Crippen molar-refractivity contribution < 1.29 is 4.79 Å². The third-order valence-electron chi connectivity index (χ3n) is 4.18. The van der Waals surface area contributed by atoms with Crippen LogP contribution < -0.4 is 5.32 Å². The van der Waals surface area contributed by atoms with Crippen molar-refractivity contribution in [3.05, 3.63) is 28.8 Å². The SMILES string of the molecule is CC(C)CC1(C(=O)Nc2cc(C#N)ccc2Cl)CCCC1. The van der Waals surface area contributed by atoms with Gasteiger partial charge in [-0.05, 0) is 43.4 Å². The Labute approximate surface area is 131 Å². The number of carbonyl (C=O) groups excluding carboxylic acids is 1. The molecule has 0 spiro atoms. The Morgan fingerprint density at radius 1 is 1.43 bits per heavy atom. The number of nitriles is 1. The lowest BCUT2D eigenvalue weighted by Gasteiger charge is -2.29. The normalized spacial score (nSPS) is 16.7. The summed E-state index contributed by atoms with van der Waals surface area (Å²) in [5.74, 6) is 0.528. The summed E-state index contributed by atoms with van der Waals surface area (Å²) in [4.78, 5) is 12.8. The number of nitrogens with zero attached hydrogens (tertiary/aromatic N) is 1. The molecule has 0 aliphatic heterocycles. The Kier molecular flexibility index (Phi) is 4.90. The summed E-state index contributed by atoms with van der Waals surface area (Å²) in [7, 11) is 0. The molecule has 1 saturated carbocycles. The van der Waals surface area contributed by atoms with Crippen molar-refractivity contribution in [2.24, 2.45) is 11.3 Å². The van der Waals surface area contributed by atoms with Crippen molar-refractivity contribution in [1.82, 2.24) is 0 Å². The van der Waals surface area contributed by atoms with Gasteiger partial charge in [-0.3, -0.25) is 4.79 Å². The van der Waals surface area contributed by atoms with E-state index in [2.05, 4.69) is 25.2 Å². The van der Waals surface area contributed by atoms with Crippen LogP contribution in [0.1, 0.15) is 51.5 Å². The first-order chi connectivity index (χ1) is 9.97. The van der Waals surface area contributed by atoms with Crippen LogP contribution in [0.2, 0.25) is 5.02 Å². The number of hydrogen-bond donors (Lipinski definition) is 1. The van der Waals surface area contributed by atoms with E-state index in [-0.39, 0.29) is 11.3 Å². The number of rotatable bonds is 4. The predicted molar refractivity (Wildman–Crippen MR) is 85.2 cm³/mol. The Balaban J connectivity index is 2.22. The van der Waals surface area contributed by atoms with Crippen LogP contribution in [0, 0.1) is 22.7 Å². The minimum atomic E-state index is -0.278. The maximum Gasteiger partial charge on any atom is 0.230 e. The van der Waals surface area contributed by atoms with Gasteiger partial charge in [-0.25, -0.2) is 0 Å². The van der Waals surface area contributed by atoms with Gasteiger partial charge >= 0.3 is 0 Å². The Morgan fingerprint density at radius 2 is 2.10 bits per heavy atom. The molecule has 0 heterocycles. The van der Waals surface area contributed by atoms with Gasteiger partial charge in [0.2, 0.25) is 5.91 Å². The minimum Gasteiger partial charge on any atom is -0.324 e. The van der Waals surface area contributed by atoms with E-state index in [9.17, 15) is 4.79 Å². The second kappa shape index (κ2) is 6.49. The van der Waals surface area contributed by atoms with Crippen molar-refractivity contribution in [3.8, 4) is 6.07 Å². The second-order valence-electron chi connectivity index (χ2n) is 6.35. The number of carbonyl (C=O) groups is 1. The third-order valence-corrected chi connectivity index (χ3v) is 4.51. The van der Waals surface area contributed by atoms with Crippen LogP contribution in [-0.2, 0) is 4.79 Å². The van der Waals surface area contributed by atoms with Gasteiger partial charge in [-0.15, -0.1) is 0 Å². The van der Waals surface area contributed by atoms with E-state index >= 15 is 0 Å². The first-order valence-electron chi connectivity index (χ1n) is 7.48. The molecule has 1 aliphatic carbocycles. The minimum absolute atomic E-state index is 0.0469. The monoisotopic (exact) mass is 304 g/mol. The Hall–Kier alpha value is -1.53. The molecular formula is C17H21ClN2O. The van der Waals surface area contributed by atoms with Crippen molar-refractivity contribution in [2.45, 2.75) is 46.0 Å². The molecule has 4 heteroatoms. The molecule has 112 valence electrons. The first-order valence-corrected chi connectivity index (χ1v) is 7.86. The average Bonchev–Trinajstić information content (AvgIpc) is 2.90. The zero-order valence-corrected chi connectivity index (χ0v) is 13.3. The molecule has 0 aromatic heterocycles. The molecule has 0 bridgehead atoms. The van der Waals surface area contributed by atoms with E-state index in [1.165, 1.54) is 0 Å². The van der Waals surface area contributed by atoms with Crippen molar-refractivity contribution in [2.75, 3.05) is 5.32 Å². The van der Waals surface area contributed by atoms with Gasteiger partial charge in [-0.1, -0.05) is 38.3 Å². The molecule has 1 amide bonds. The lowest BCUT2D eigenvalue weighted by Crippen LogP contribution is -2.35. The fraction of sp³-hybridized carbons (Fsp3) is 0.529. The van der Waals surface area contributed by atoms with Gasteiger partial charge in [0, 0.05) is 5.41 Å². The summed E-state index contributed by atoms with van der Waals surface area (Å²) in [5.41, 5.74) is 0.759. The summed E-state index contributed by atoms with van der Waals surface area (Å²) in [6.07, 6.45) is 4.98. The highest BCUT2D eigenvalue weighted by atomic mass is 35.5. The molecule has 1 aromatic rings. The van der Waals surface area contributed by atoms with Crippen LogP contribution in [0.3, 0.4) is 0 Å². The summed E-state index contributed by atoms with van der Waals surface area (Å²) in [6, 6.07) is 7.01. The predicted octanol–water partition coefficient (Wildman–Crippen LogP) is 4.76. The number of anilines is 1. The largest absolute Gasteiger partial charge is 0.324 e. The molecule has 0 atom stereocenters. The molecule has 21 heavy (non-hydrogen) atoms. The second-order valence-corrected chi connectivity index (χ2v) is 6.75. The molecule has 0 unspecified atom stereocenters. The molecule has 1 aliphatic rings. The van der Waals surface area contributed by atoms with Gasteiger partial charge in [-0.2, -0.15) is 5.26 Å². The van der Waals surface area contributed by atoms with E-state index in [0.717, 1.165) is 32.1 Å². The lowest BCUT2D eigenvalue weighted by atomic mass is 9.77. The highest BCUT2D eigenvalue weighted by Crippen LogP contribution is 2.44. The van der Waals surface area contributed by atoms with Crippen LogP contribution in [-0.4, -0.2) is 5.91 Å². The van der Waals surface area contributed by atoms with E-state index in [4.69, 9.17) is 16.9 Å². The molecule has 0 radical (unpaired) electrons. The number of nitrogens with one attached hydrogen (secondary N) is 1. The third kappa shape index (κ3) is 3.57. The molecule has 1 fully saturated rings.